The molecule has 2 unspecified atom stereocenters. The van der Waals surface area contributed by atoms with E-state index in [1.54, 1.807) is 6.26 Å². The Morgan fingerprint density at radius 3 is 2.84 bits per heavy atom. The van der Waals surface area contributed by atoms with Gasteiger partial charge in [-0.1, -0.05) is 0 Å². The first-order valence-corrected chi connectivity index (χ1v) is 7.29. The fourth-order valence-electron chi connectivity index (χ4n) is 3.51. The minimum atomic E-state index is -0.0408. The Morgan fingerprint density at radius 2 is 2.21 bits per heavy atom. The van der Waals surface area contributed by atoms with Crippen molar-refractivity contribution in [2.24, 2.45) is 5.92 Å². The van der Waals surface area contributed by atoms with Gasteiger partial charge in [0.15, 0.2) is 0 Å². The lowest BCUT2D eigenvalue weighted by molar-refractivity contribution is -0.123. The van der Waals surface area contributed by atoms with Gasteiger partial charge in [0.25, 0.3) is 0 Å². The maximum Gasteiger partial charge on any atom is 0.220 e. The Kier molecular flexibility index (Phi) is 3.60. The molecule has 2 bridgehead atoms. The third-order valence-corrected chi connectivity index (χ3v) is 4.39. The van der Waals surface area contributed by atoms with E-state index >= 15 is 0 Å². The van der Waals surface area contributed by atoms with Crippen molar-refractivity contribution < 1.29 is 9.21 Å². The average molecular weight is 262 g/mol. The van der Waals surface area contributed by atoms with E-state index in [9.17, 15) is 4.79 Å². The third kappa shape index (κ3) is 3.00. The van der Waals surface area contributed by atoms with Gasteiger partial charge >= 0.3 is 0 Å². The van der Waals surface area contributed by atoms with E-state index in [1.807, 2.05) is 19.1 Å². The third-order valence-electron chi connectivity index (χ3n) is 4.39. The van der Waals surface area contributed by atoms with Crippen LogP contribution in [0.4, 0.5) is 0 Å². The fourth-order valence-corrected chi connectivity index (χ4v) is 3.51. The van der Waals surface area contributed by atoms with E-state index < -0.39 is 0 Å². The summed E-state index contributed by atoms with van der Waals surface area (Å²) in [5.41, 5.74) is 0. The largest absolute Gasteiger partial charge is 0.467 e. The van der Waals surface area contributed by atoms with Gasteiger partial charge in [-0.3, -0.25) is 4.79 Å². The number of hydrogen-bond acceptors (Lipinski definition) is 3. The van der Waals surface area contributed by atoms with Gasteiger partial charge in [0.05, 0.1) is 12.3 Å². The normalized spacial score (nSPS) is 31.1. The molecule has 2 aliphatic rings. The molecule has 4 heteroatoms. The summed E-state index contributed by atoms with van der Waals surface area (Å²) < 4.78 is 5.31. The Bertz CT molecular complexity index is 417. The number of carbonyl (C=O) groups excluding carboxylic acids is 1. The minimum absolute atomic E-state index is 0.0408. The monoisotopic (exact) mass is 262 g/mol. The van der Waals surface area contributed by atoms with Crippen molar-refractivity contribution in [2.45, 2.75) is 57.2 Å². The lowest BCUT2D eigenvalue weighted by atomic mass is 9.89. The van der Waals surface area contributed by atoms with Crippen molar-refractivity contribution in [1.29, 1.82) is 0 Å². The zero-order valence-electron chi connectivity index (χ0n) is 11.4. The highest BCUT2D eigenvalue weighted by Crippen LogP contribution is 2.32. The van der Waals surface area contributed by atoms with Crippen LogP contribution in [-0.2, 0) is 4.79 Å². The van der Waals surface area contributed by atoms with Crippen LogP contribution in [0.3, 0.4) is 0 Å². The summed E-state index contributed by atoms with van der Waals surface area (Å²) in [6, 6.07) is 5.01. The minimum Gasteiger partial charge on any atom is -0.467 e. The maximum atomic E-state index is 12.1. The summed E-state index contributed by atoms with van der Waals surface area (Å²) in [6.45, 7) is 1.96. The molecule has 0 aliphatic carbocycles. The van der Waals surface area contributed by atoms with Gasteiger partial charge in [0, 0.05) is 18.5 Å². The molecule has 3 heterocycles. The number of amides is 1. The molecule has 0 saturated carbocycles. The average Bonchev–Trinajstić information content (AvgIpc) is 2.99. The van der Waals surface area contributed by atoms with Crippen LogP contribution >= 0.6 is 0 Å². The van der Waals surface area contributed by atoms with Crippen molar-refractivity contribution in [3.8, 4) is 0 Å². The number of fused-ring (bicyclic) bond motifs is 2. The van der Waals surface area contributed by atoms with Gasteiger partial charge in [-0.15, -0.1) is 0 Å². The lowest BCUT2D eigenvalue weighted by Crippen LogP contribution is -2.40. The van der Waals surface area contributed by atoms with Gasteiger partial charge in [-0.25, -0.2) is 0 Å². The number of furan rings is 1. The molecule has 2 saturated heterocycles. The van der Waals surface area contributed by atoms with Crippen molar-refractivity contribution in [3.05, 3.63) is 24.2 Å². The molecule has 2 N–H and O–H groups in total. The summed E-state index contributed by atoms with van der Waals surface area (Å²) in [6.07, 6.45) is 7.16. The first-order chi connectivity index (χ1) is 9.20. The van der Waals surface area contributed by atoms with E-state index in [2.05, 4.69) is 10.6 Å². The quantitative estimate of drug-likeness (QED) is 0.876. The molecule has 1 amide bonds. The molecule has 0 radical (unpaired) electrons. The highest BCUT2D eigenvalue weighted by atomic mass is 16.3. The Balaban J connectivity index is 1.49. The molecular formula is C15H22N2O2. The van der Waals surface area contributed by atoms with Crippen LogP contribution in [0.25, 0.3) is 0 Å². The van der Waals surface area contributed by atoms with Crippen LogP contribution in [0.15, 0.2) is 22.8 Å². The van der Waals surface area contributed by atoms with Gasteiger partial charge in [-0.05, 0) is 50.7 Å². The van der Waals surface area contributed by atoms with Gasteiger partial charge in [0.1, 0.15) is 5.76 Å². The van der Waals surface area contributed by atoms with E-state index in [0.29, 0.717) is 24.4 Å². The van der Waals surface area contributed by atoms with Gasteiger partial charge in [0.2, 0.25) is 5.91 Å². The predicted octanol–water partition coefficient (Wildman–Crippen LogP) is 2.38. The zero-order chi connectivity index (χ0) is 13.2. The number of rotatable bonds is 4. The van der Waals surface area contributed by atoms with Crippen LogP contribution in [0.2, 0.25) is 0 Å². The van der Waals surface area contributed by atoms with E-state index in [0.717, 1.165) is 18.6 Å². The second-order valence-corrected chi connectivity index (χ2v) is 5.98. The molecule has 104 valence electrons. The molecule has 19 heavy (non-hydrogen) atoms. The summed E-state index contributed by atoms with van der Waals surface area (Å²) in [7, 11) is 0. The molecule has 2 fully saturated rings. The molecular weight excluding hydrogens is 240 g/mol. The predicted molar refractivity (Wildman–Crippen MR) is 72.6 cm³/mol. The first kappa shape index (κ1) is 12.7. The highest BCUT2D eigenvalue weighted by molar-refractivity contribution is 5.76. The van der Waals surface area contributed by atoms with Crippen molar-refractivity contribution in [2.75, 3.05) is 0 Å². The van der Waals surface area contributed by atoms with E-state index in [-0.39, 0.29) is 11.9 Å². The van der Waals surface area contributed by atoms with Crippen LogP contribution in [0, 0.1) is 5.92 Å². The van der Waals surface area contributed by atoms with Crippen LogP contribution in [0.1, 0.15) is 50.8 Å². The molecule has 0 aromatic carbocycles. The summed E-state index contributed by atoms with van der Waals surface area (Å²) >= 11 is 0. The summed E-state index contributed by atoms with van der Waals surface area (Å²) in [5, 5.41) is 6.64. The molecule has 2 aliphatic heterocycles. The smallest absolute Gasteiger partial charge is 0.220 e. The number of hydrogen-bond donors (Lipinski definition) is 2. The van der Waals surface area contributed by atoms with E-state index in [1.165, 1.54) is 12.8 Å². The maximum absolute atomic E-state index is 12.1. The summed E-state index contributed by atoms with van der Waals surface area (Å²) in [4.78, 5) is 12.1. The lowest BCUT2D eigenvalue weighted by Gasteiger charge is -2.28. The Labute approximate surface area is 113 Å². The SMILES string of the molecule is C[C@@H](NC(=O)CC1CC2CCC(C1)N2)c1ccco1. The van der Waals surface area contributed by atoms with Crippen molar-refractivity contribution in [3.63, 3.8) is 0 Å². The molecule has 3 atom stereocenters. The standard InChI is InChI=1S/C15H22N2O2/c1-10(14-3-2-6-19-14)16-15(18)9-11-7-12-4-5-13(8-11)17-12/h2-3,6,10-13,17H,4-5,7-9H2,1H3,(H,16,18)/t10-,11?,12?,13?/m1/s1. The van der Waals surface area contributed by atoms with Crippen LogP contribution in [0.5, 0.6) is 0 Å². The van der Waals surface area contributed by atoms with Crippen LogP contribution < -0.4 is 10.6 Å². The second-order valence-electron chi connectivity index (χ2n) is 5.98. The van der Waals surface area contributed by atoms with Gasteiger partial charge < -0.3 is 15.1 Å². The topological polar surface area (TPSA) is 54.3 Å². The Hall–Kier alpha value is -1.29. The van der Waals surface area contributed by atoms with Gasteiger partial charge in [-0.2, -0.15) is 0 Å². The number of carbonyl (C=O) groups is 1. The first-order valence-electron chi connectivity index (χ1n) is 7.29. The molecule has 3 rings (SSSR count). The second kappa shape index (κ2) is 5.37. The van der Waals surface area contributed by atoms with Crippen molar-refractivity contribution in [1.82, 2.24) is 10.6 Å². The van der Waals surface area contributed by atoms with Crippen LogP contribution in [-0.4, -0.2) is 18.0 Å². The fraction of sp³-hybridized carbons (Fsp3) is 0.667. The highest BCUT2D eigenvalue weighted by Gasteiger charge is 2.34. The molecule has 1 aromatic rings. The Morgan fingerprint density at radius 1 is 1.47 bits per heavy atom. The molecule has 0 spiro atoms. The molecule has 1 aromatic heterocycles. The zero-order valence-corrected chi connectivity index (χ0v) is 11.4. The van der Waals surface area contributed by atoms with Crippen molar-refractivity contribution >= 4 is 5.91 Å². The van der Waals surface area contributed by atoms with E-state index in [4.69, 9.17) is 4.42 Å². The summed E-state index contributed by atoms with van der Waals surface area (Å²) in [5.74, 6) is 1.51. The molecule has 4 nitrogen and oxygen atoms in total. The number of piperidine rings is 1. The number of nitrogens with one attached hydrogen (secondary N) is 2.